The smallest absolute Gasteiger partial charge is 0.230 e. The summed E-state index contributed by atoms with van der Waals surface area (Å²) >= 11 is 0. The first-order valence-electron chi connectivity index (χ1n) is 7.72. The summed E-state index contributed by atoms with van der Waals surface area (Å²) in [6.45, 7) is 4.35. The predicted molar refractivity (Wildman–Crippen MR) is 86.4 cm³/mol. The quantitative estimate of drug-likeness (QED) is 0.810. The van der Waals surface area contributed by atoms with E-state index in [2.05, 4.69) is 19.2 Å². The lowest BCUT2D eigenvalue weighted by molar-refractivity contribution is -0.126. The van der Waals surface area contributed by atoms with E-state index in [1.54, 1.807) is 13.2 Å². The molecule has 1 aliphatic rings. The second-order valence-electron chi connectivity index (χ2n) is 6.49. The maximum absolute atomic E-state index is 12.8. The van der Waals surface area contributed by atoms with Gasteiger partial charge >= 0.3 is 0 Å². The Bertz CT molecular complexity index is 506. The zero-order valence-corrected chi connectivity index (χ0v) is 13.2. The third-order valence-corrected chi connectivity index (χ3v) is 4.35. The van der Waals surface area contributed by atoms with Crippen LogP contribution in [0.3, 0.4) is 0 Å². The van der Waals surface area contributed by atoms with Crippen LogP contribution in [0.5, 0.6) is 5.75 Å². The van der Waals surface area contributed by atoms with Gasteiger partial charge in [0, 0.05) is 11.5 Å². The van der Waals surface area contributed by atoms with E-state index in [-0.39, 0.29) is 11.3 Å². The van der Waals surface area contributed by atoms with Gasteiger partial charge in [-0.1, -0.05) is 26.7 Å². The fraction of sp³-hybridized carbons (Fsp3) is 0.588. The lowest BCUT2D eigenvalue weighted by Crippen LogP contribution is -2.35. The Morgan fingerprint density at radius 3 is 2.57 bits per heavy atom. The van der Waals surface area contributed by atoms with Gasteiger partial charge in [-0.15, -0.1) is 0 Å². The number of rotatable bonds is 5. The van der Waals surface area contributed by atoms with Crippen LogP contribution >= 0.6 is 0 Å². The molecule has 0 unspecified atom stereocenters. The zero-order valence-electron chi connectivity index (χ0n) is 13.2. The molecule has 0 radical (unpaired) electrons. The first kappa shape index (κ1) is 15.7. The van der Waals surface area contributed by atoms with Crippen molar-refractivity contribution in [3.8, 4) is 5.75 Å². The Kier molecular flexibility index (Phi) is 4.76. The third kappa shape index (κ3) is 3.49. The van der Waals surface area contributed by atoms with Crippen molar-refractivity contribution < 1.29 is 9.53 Å². The Hall–Kier alpha value is -1.71. The topological polar surface area (TPSA) is 64.3 Å². The van der Waals surface area contributed by atoms with Gasteiger partial charge in [-0.05, 0) is 37.3 Å². The summed E-state index contributed by atoms with van der Waals surface area (Å²) in [6.07, 6.45) is 5.17. The molecular weight excluding hydrogens is 264 g/mol. The van der Waals surface area contributed by atoms with Gasteiger partial charge in [-0.2, -0.15) is 0 Å². The monoisotopic (exact) mass is 290 g/mol. The zero-order chi connectivity index (χ0) is 15.5. The van der Waals surface area contributed by atoms with Crippen LogP contribution in [0.25, 0.3) is 0 Å². The van der Waals surface area contributed by atoms with Crippen LogP contribution in [-0.4, -0.2) is 13.0 Å². The van der Waals surface area contributed by atoms with E-state index in [4.69, 9.17) is 10.5 Å². The number of hydrogen-bond acceptors (Lipinski definition) is 3. The standard InChI is InChI=1S/C17H26N2O2/c1-12(2)11-17(8-4-5-9-17)16(20)19-15-7-6-13(21-3)10-14(15)18/h6-7,10,12H,4-5,8-9,11,18H2,1-3H3,(H,19,20). The highest BCUT2D eigenvalue weighted by molar-refractivity contribution is 5.98. The van der Waals surface area contributed by atoms with Gasteiger partial charge in [0.15, 0.2) is 0 Å². The minimum absolute atomic E-state index is 0.116. The Morgan fingerprint density at radius 1 is 1.38 bits per heavy atom. The molecule has 0 spiro atoms. The van der Waals surface area contributed by atoms with E-state index >= 15 is 0 Å². The van der Waals surface area contributed by atoms with E-state index in [0.717, 1.165) is 32.1 Å². The maximum Gasteiger partial charge on any atom is 0.230 e. The molecule has 0 aliphatic heterocycles. The number of nitrogen functional groups attached to an aromatic ring is 1. The van der Waals surface area contributed by atoms with Gasteiger partial charge in [-0.3, -0.25) is 4.79 Å². The van der Waals surface area contributed by atoms with Gasteiger partial charge in [0.05, 0.1) is 18.5 Å². The molecule has 1 fully saturated rings. The second-order valence-corrected chi connectivity index (χ2v) is 6.49. The first-order chi connectivity index (χ1) is 9.97. The molecule has 116 valence electrons. The number of benzene rings is 1. The molecule has 1 aromatic carbocycles. The van der Waals surface area contributed by atoms with E-state index in [9.17, 15) is 4.79 Å². The number of nitrogens with two attached hydrogens (primary N) is 1. The summed E-state index contributed by atoms with van der Waals surface area (Å²) in [5.74, 6) is 1.33. The number of methoxy groups -OCH3 is 1. The highest BCUT2D eigenvalue weighted by Gasteiger charge is 2.41. The summed E-state index contributed by atoms with van der Waals surface area (Å²) in [5.41, 5.74) is 6.99. The molecule has 1 aromatic rings. The summed E-state index contributed by atoms with van der Waals surface area (Å²) in [7, 11) is 1.60. The molecule has 0 aromatic heterocycles. The lowest BCUT2D eigenvalue weighted by Gasteiger charge is -2.29. The van der Waals surface area contributed by atoms with Crippen LogP contribution in [0.1, 0.15) is 46.0 Å². The third-order valence-electron chi connectivity index (χ3n) is 4.35. The lowest BCUT2D eigenvalue weighted by atomic mass is 9.77. The highest BCUT2D eigenvalue weighted by atomic mass is 16.5. The average molecular weight is 290 g/mol. The fourth-order valence-corrected chi connectivity index (χ4v) is 3.39. The number of ether oxygens (including phenoxy) is 1. The molecule has 0 saturated heterocycles. The molecule has 1 aliphatic carbocycles. The number of nitrogens with one attached hydrogen (secondary N) is 1. The van der Waals surface area contributed by atoms with E-state index in [1.165, 1.54) is 0 Å². The summed E-state index contributed by atoms with van der Waals surface area (Å²) in [5, 5.41) is 3.03. The molecule has 4 nitrogen and oxygen atoms in total. The van der Waals surface area contributed by atoms with Gasteiger partial charge in [0.1, 0.15) is 5.75 Å². The van der Waals surface area contributed by atoms with Crippen LogP contribution < -0.4 is 15.8 Å². The molecular formula is C17H26N2O2. The fourth-order valence-electron chi connectivity index (χ4n) is 3.39. The van der Waals surface area contributed by atoms with E-state index in [1.807, 2.05) is 12.1 Å². The Labute approximate surface area is 127 Å². The molecule has 1 amide bonds. The second kappa shape index (κ2) is 6.37. The molecule has 0 bridgehead atoms. The van der Waals surface area contributed by atoms with Crippen LogP contribution in [-0.2, 0) is 4.79 Å². The van der Waals surface area contributed by atoms with Crippen LogP contribution in [0, 0.1) is 11.3 Å². The van der Waals surface area contributed by atoms with Crippen LogP contribution in [0.2, 0.25) is 0 Å². The van der Waals surface area contributed by atoms with Crippen molar-refractivity contribution >= 4 is 17.3 Å². The van der Waals surface area contributed by atoms with Crippen molar-refractivity contribution in [2.45, 2.75) is 46.0 Å². The number of carbonyl (C=O) groups excluding carboxylic acids is 1. The molecule has 21 heavy (non-hydrogen) atoms. The molecule has 4 heteroatoms. The van der Waals surface area contributed by atoms with Crippen molar-refractivity contribution in [2.75, 3.05) is 18.2 Å². The number of carbonyl (C=O) groups is 1. The van der Waals surface area contributed by atoms with Crippen molar-refractivity contribution in [1.29, 1.82) is 0 Å². The Morgan fingerprint density at radius 2 is 2.05 bits per heavy atom. The minimum atomic E-state index is -0.222. The predicted octanol–water partition coefficient (Wildman–Crippen LogP) is 3.82. The average Bonchev–Trinajstić information content (AvgIpc) is 2.89. The van der Waals surface area contributed by atoms with E-state index < -0.39 is 0 Å². The molecule has 3 N–H and O–H groups in total. The van der Waals surface area contributed by atoms with E-state index in [0.29, 0.717) is 23.0 Å². The SMILES string of the molecule is COc1ccc(NC(=O)C2(CC(C)C)CCCC2)c(N)c1. The number of amides is 1. The van der Waals surface area contributed by atoms with Gasteiger partial charge in [0.25, 0.3) is 0 Å². The van der Waals surface area contributed by atoms with Gasteiger partial charge in [-0.25, -0.2) is 0 Å². The summed E-state index contributed by atoms with van der Waals surface area (Å²) in [6, 6.07) is 5.36. The highest BCUT2D eigenvalue weighted by Crippen LogP contribution is 2.44. The first-order valence-corrected chi connectivity index (χ1v) is 7.72. The molecule has 0 heterocycles. The largest absolute Gasteiger partial charge is 0.497 e. The van der Waals surface area contributed by atoms with Crippen LogP contribution in [0.15, 0.2) is 18.2 Å². The molecule has 2 rings (SSSR count). The summed E-state index contributed by atoms with van der Waals surface area (Å²) in [4.78, 5) is 12.8. The van der Waals surface area contributed by atoms with Crippen molar-refractivity contribution in [1.82, 2.24) is 0 Å². The number of hydrogen-bond donors (Lipinski definition) is 2. The maximum atomic E-state index is 12.8. The van der Waals surface area contributed by atoms with Crippen LogP contribution in [0.4, 0.5) is 11.4 Å². The van der Waals surface area contributed by atoms with Gasteiger partial charge in [0.2, 0.25) is 5.91 Å². The van der Waals surface area contributed by atoms with Crippen molar-refractivity contribution in [3.63, 3.8) is 0 Å². The molecule has 0 atom stereocenters. The normalized spacial score (nSPS) is 17.0. The minimum Gasteiger partial charge on any atom is -0.497 e. The number of anilines is 2. The Balaban J connectivity index is 2.15. The van der Waals surface area contributed by atoms with Crippen molar-refractivity contribution in [3.05, 3.63) is 18.2 Å². The van der Waals surface area contributed by atoms with Crippen molar-refractivity contribution in [2.24, 2.45) is 11.3 Å². The van der Waals surface area contributed by atoms with Gasteiger partial charge < -0.3 is 15.8 Å². The summed E-state index contributed by atoms with van der Waals surface area (Å²) < 4.78 is 5.13. The molecule has 1 saturated carbocycles.